The van der Waals surface area contributed by atoms with Crippen LogP contribution in [-0.2, 0) is 14.4 Å². The lowest BCUT2D eigenvalue weighted by molar-refractivity contribution is -0.192. The van der Waals surface area contributed by atoms with Gasteiger partial charge in [0.15, 0.2) is 0 Å². The summed E-state index contributed by atoms with van der Waals surface area (Å²) in [6.45, 7) is 0.686. The summed E-state index contributed by atoms with van der Waals surface area (Å²) >= 11 is 0. The Hall–Kier alpha value is -1.10. The van der Waals surface area contributed by atoms with Crippen LogP contribution < -0.4 is 5.32 Å². The molecule has 2 fully saturated rings. The van der Waals surface area contributed by atoms with E-state index in [1.54, 1.807) is 21.6 Å². The molecule has 11 heteroatoms. The van der Waals surface area contributed by atoms with Gasteiger partial charge < -0.3 is 15.5 Å². The molecular formula is C17H26F3NO5S2. The third-order valence-corrected chi connectivity index (χ3v) is 7.45. The summed E-state index contributed by atoms with van der Waals surface area (Å²) in [5.41, 5.74) is 0.618. The van der Waals surface area contributed by atoms with Gasteiger partial charge >= 0.3 is 18.1 Å². The molecule has 3 N–H and O–H groups in total. The molecule has 2 aliphatic carbocycles. The average Bonchev–Trinajstić information content (AvgIpc) is 2.59. The van der Waals surface area contributed by atoms with Gasteiger partial charge in [-0.1, -0.05) is 28.0 Å². The van der Waals surface area contributed by atoms with Crippen LogP contribution in [0.25, 0.3) is 0 Å². The summed E-state index contributed by atoms with van der Waals surface area (Å²) in [5.74, 6) is -1.60. The monoisotopic (exact) mass is 445 g/mol. The van der Waals surface area contributed by atoms with E-state index in [4.69, 9.17) is 15.0 Å². The Bertz CT molecular complexity index is 531. The van der Waals surface area contributed by atoms with Crippen LogP contribution in [0, 0.1) is 11.3 Å². The van der Waals surface area contributed by atoms with Crippen molar-refractivity contribution in [2.24, 2.45) is 11.3 Å². The number of hydrogen-bond donors (Lipinski definition) is 3. The zero-order valence-electron chi connectivity index (χ0n) is 15.4. The summed E-state index contributed by atoms with van der Waals surface area (Å²) in [6.07, 6.45) is 3.87. The highest BCUT2D eigenvalue weighted by atomic mass is 33.1. The Kier molecular flexibility index (Phi) is 10.5. The Morgan fingerprint density at radius 1 is 1.00 bits per heavy atom. The molecule has 1 amide bonds. The molecule has 0 aliphatic heterocycles. The van der Waals surface area contributed by atoms with Crippen molar-refractivity contribution in [2.45, 2.75) is 57.5 Å². The van der Waals surface area contributed by atoms with Crippen LogP contribution in [0.3, 0.4) is 0 Å². The highest BCUT2D eigenvalue weighted by Gasteiger charge is 2.41. The molecule has 1 spiro atoms. The molecule has 2 aliphatic rings. The van der Waals surface area contributed by atoms with Crippen LogP contribution in [0.4, 0.5) is 13.2 Å². The van der Waals surface area contributed by atoms with Gasteiger partial charge in [-0.15, -0.1) is 0 Å². The first kappa shape index (κ1) is 24.9. The predicted octanol–water partition coefficient (Wildman–Crippen LogP) is 3.95. The summed E-state index contributed by atoms with van der Waals surface area (Å²) in [5, 5.41) is 18.7. The van der Waals surface area contributed by atoms with Crippen LogP contribution in [-0.4, -0.2) is 52.3 Å². The van der Waals surface area contributed by atoms with Gasteiger partial charge in [0.05, 0.1) is 6.42 Å². The van der Waals surface area contributed by atoms with Crippen molar-refractivity contribution in [1.82, 2.24) is 5.32 Å². The smallest absolute Gasteiger partial charge is 0.481 e. The minimum Gasteiger partial charge on any atom is -0.481 e. The number of alkyl halides is 3. The van der Waals surface area contributed by atoms with Gasteiger partial charge in [0, 0.05) is 24.0 Å². The zero-order valence-corrected chi connectivity index (χ0v) is 17.1. The topological polar surface area (TPSA) is 104 Å². The van der Waals surface area contributed by atoms with Gasteiger partial charge in [0.1, 0.15) is 0 Å². The first-order chi connectivity index (χ1) is 13.1. The second-order valence-corrected chi connectivity index (χ2v) is 9.71. The van der Waals surface area contributed by atoms with E-state index >= 15 is 0 Å². The second kappa shape index (κ2) is 11.8. The van der Waals surface area contributed by atoms with Crippen molar-refractivity contribution in [2.75, 3.05) is 18.1 Å². The van der Waals surface area contributed by atoms with Gasteiger partial charge in [-0.3, -0.25) is 9.59 Å². The molecule has 0 aromatic rings. The van der Waals surface area contributed by atoms with Crippen LogP contribution in [0.5, 0.6) is 0 Å². The molecular weight excluding hydrogens is 419 g/mol. The van der Waals surface area contributed by atoms with Crippen molar-refractivity contribution in [3.63, 3.8) is 0 Å². The van der Waals surface area contributed by atoms with Gasteiger partial charge in [-0.2, -0.15) is 13.2 Å². The predicted molar refractivity (Wildman–Crippen MR) is 102 cm³/mol. The van der Waals surface area contributed by atoms with Gasteiger partial charge in [-0.05, 0) is 43.9 Å². The van der Waals surface area contributed by atoms with E-state index < -0.39 is 18.1 Å². The number of halogens is 3. The van der Waals surface area contributed by atoms with Crippen molar-refractivity contribution >= 4 is 39.4 Å². The van der Waals surface area contributed by atoms with E-state index in [2.05, 4.69) is 5.32 Å². The fraction of sp³-hybridized carbons (Fsp3) is 0.824. The standard InChI is InChI=1S/C15H25NO3S2.C2HF3O2/c17-13(18)4-10-20-21-11-9-16-14(19)12-2-7-15(8-3-12)5-1-6-15;3-2(4,5)1(6)7/h12H,1-11H2,(H,16,19)(H,17,18);(H,6,7). The SMILES string of the molecule is O=C(O)C(F)(F)F.O=C(O)CCSSCCNC(=O)C1CCC2(CCC2)CC1. The molecule has 6 nitrogen and oxygen atoms in total. The number of carbonyl (C=O) groups excluding carboxylic acids is 1. The number of carboxylic acid groups (broad SMARTS) is 2. The molecule has 2 rings (SSSR count). The van der Waals surface area contributed by atoms with E-state index in [1.807, 2.05) is 0 Å². The molecule has 0 bridgehead atoms. The number of rotatable bonds is 8. The van der Waals surface area contributed by atoms with Gasteiger partial charge in [0.2, 0.25) is 5.91 Å². The van der Waals surface area contributed by atoms with E-state index in [-0.39, 0.29) is 18.2 Å². The molecule has 162 valence electrons. The lowest BCUT2D eigenvalue weighted by atomic mass is 9.59. The largest absolute Gasteiger partial charge is 0.490 e. The van der Waals surface area contributed by atoms with Crippen LogP contribution in [0.1, 0.15) is 51.4 Å². The van der Waals surface area contributed by atoms with Crippen molar-refractivity contribution in [3.05, 3.63) is 0 Å². The fourth-order valence-electron chi connectivity index (χ4n) is 3.28. The second-order valence-electron chi connectivity index (χ2n) is 7.01. The van der Waals surface area contributed by atoms with E-state index in [0.717, 1.165) is 18.6 Å². The fourth-order valence-corrected chi connectivity index (χ4v) is 5.16. The number of hydrogen-bond acceptors (Lipinski definition) is 5. The number of aliphatic carboxylic acids is 2. The van der Waals surface area contributed by atoms with Crippen LogP contribution in [0.2, 0.25) is 0 Å². The molecule has 2 saturated carbocycles. The summed E-state index contributed by atoms with van der Waals surface area (Å²) in [4.78, 5) is 31.3. The van der Waals surface area contributed by atoms with Gasteiger partial charge in [0.25, 0.3) is 0 Å². The Morgan fingerprint density at radius 2 is 1.54 bits per heavy atom. The molecule has 0 aromatic heterocycles. The summed E-state index contributed by atoms with van der Waals surface area (Å²) in [6, 6.07) is 0. The maximum Gasteiger partial charge on any atom is 0.490 e. The average molecular weight is 446 g/mol. The minimum atomic E-state index is -5.08. The first-order valence-electron chi connectivity index (χ1n) is 9.10. The highest BCUT2D eigenvalue weighted by Crippen LogP contribution is 2.52. The first-order valence-corrected chi connectivity index (χ1v) is 11.6. The summed E-state index contributed by atoms with van der Waals surface area (Å²) in [7, 11) is 3.20. The lowest BCUT2D eigenvalue weighted by Crippen LogP contribution is -2.39. The Labute approximate surface area is 169 Å². The van der Waals surface area contributed by atoms with Crippen molar-refractivity contribution in [3.8, 4) is 0 Å². The highest BCUT2D eigenvalue weighted by molar-refractivity contribution is 8.76. The van der Waals surface area contributed by atoms with Crippen LogP contribution >= 0.6 is 21.6 Å². The van der Waals surface area contributed by atoms with E-state index in [1.165, 1.54) is 32.1 Å². The molecule has 0 unspecified atom stereocenters. The Balaban J connectivity index is 0.000000480. The van der Waals surface area contributed by atoms with E-state index in [9.17, 15) is 22.8 Å². The number of carboxylic acids is 2. The van der Waals surface area contributed by atoms with Crippen molar-refractivity contribution in [1.29, 1.82) is 0 Å². The molecule has 0 radical (unpaired) electrons. The molecule has 0 saturated heterocycles. The van der Waals surface area contributed by atoms with Crippen LogP contribution in [0.15, 0.2) is 0 Å². The maximum absolute atomic E-state index is 12.1. The number of amides is 1. The minimum absolute atomic E-state index is 0.202. The normalized spacial score (nSPS) is 18.5. The van der Waals surface area contributed by atoms with E-state index in [0.29, 0.717) is 17.7 Å². The summed E-state index contributed by atoms with van der Waals surface area (Å²) < 4.78 is 31.7. The third-order valence-electron chi connectivity index (χ3n) is 5.04. The molecule has 0 aromatic carbocycles. The zero-order chi connectivity index (χ0) is 21.2. The lowest BCUT2D eigenvalue weighted by Gasteiger charge is -2.46. The Morgan fingerprint density at radius 3 is 1.96 bits per heavy atom. The van der Waals surface area contributed by atoms with Gasteiger partial charge in [-0.25, -0.2) is 4.79 Å². The molecule has 28 heavy (non-hydrogen) atoms. The molecule has 0 atom stereocenters. The maximum atomic E-state index is 12.1. The quantitative estimate of drug-likeness (QED) is 0.384. The number of nitrogens with one attached hydrogen (secondary N) is 1. The third kappa shape index (κ3) is 9.40. The number of carbonyl (C=O) groups is 3. The van der Waals surface area contributed by atoms with Crippen molar-refractivity contribution < 1.29 is 37.8 Å². The molecule has 0 heterocycles.